The summed E-state index contributed by atoms with van der Waals surface area (Å²) in [5.74, 6) is 0.442. The summed E-state index contributed by atoms with van der Waals surface area (Å²) in [6.45, 7) is 9.51. The third-order valence-corrected chi connectivity index (χ3v) is 8.45. The number of halogens is 1. The number of nitrogens with zero attached hydrogens (tertiary/aromatic N) is 2. The lowest BCUT2D eigenvalue weighted by atomic mass is 9.59. The van der Waals surface area contributed by atoms with Crippen molar-refractivity contribution in [3.05, 3.63) is 40.4 Å². The largest absolute Gasteiger partial charge is 0.462 e. The highest BCUT2D eigenvalue weighted by atomic mass is 35.5. The predicted molar refractivity (Wildman–Crippen MR) is 121 cm³/mol. The highest BCUT2D eigenvalue weighted by molar-refractivity contribution is 6.30. The minimum absolute atomic E-state index is 0.0314. The van der Waals surface area contributed by atoms with Crippen LogP contribution in [0.4, 0.5) is 5.69 Å². The second-order valence-electron chi connectivity index (χ2n) is 10.1. The fourth-order valence-corrected chi connectivity index (χ4v) is 6.57. The maximum Gasteiger partial charge on any atom is 0.310 e. The van der Waals surface area contributed by atoms with Crippen LogP contribution in [0.2, 0.25) is 5.02 Å². The number of carbonyl (C=O) groups excluding carboxylic acids is 1. The average molecular weight is 429 g/mol. The summed E-state index contributed by atoms with van der Waals surface area (Å²) in [6.07, 6.45) is 5.97. The van der Waals surface area contributed by atoms with Crippen molar-refractivity contribution < 1.29 is 9.53 Å². The molecule has 162 valence electrons. The molecule has 30 heavy (non-hydrogen) atoms. The number of benzene rings is 1. The smallest absolute Gasteiger partial charge is 0.310 e. The topological polar surface area (TPSA) is 32.8 Å². The summed E-state index contributed by atoms with van der Waals surface area (Å²) in [5.41, 5.74) is 4.71. The zero-order valence-corrected chi connectivity index (χ0v) is 19.0. The SMILES string of the molecule is CC1=C2C[C@H]3[C@H](CN4CCN(c5ccc(Cl)cc5)CC4)C(=O)O[C@@H]3C[C@@]2(C)CCC1. The molecule has 5 heteroatoms. The summed E-state index contributed by atoms with van der Waals surface area (Å²) in [7, 11) is 0. The van der Waals surface area contributed by atoms with Crippen molar-refractivity contribution in [1.82, 2.24) is 4.90 Å². The third-order valence-electron chi connectivity index (χ3n) is 8.20. The molecule has 4 aliphatic rings. The summed E-state index contributed by atoms with van der Waals surface area (Å²) in [4.78, 5) is 17.7. The maximum atomic E-state index is 12.8. The molecule has 4 nitrogen and oxygen atoms in total. The Hall–Kier alpha value is -1.52. The van der Waals surface area contributed by atoms with Crippen molar-refractivity contribution in [2.75, 3.05) is 37.6 Å². The van der Waals surface area contributed by atoms with E-state index >= 15 is 0 Å². The van der Waals surface area contributed by atoms with Crippen LogP contribution in [-0.4, -0.2) is 49.7 Å². The normalized spacial score (nSPS) is 34.6. The van der Waals surface area contributed by atoms with E-state index in [9.17, 15) is 4.79 Å². The molecule has 1 aromatic rings. The minimum atomic E-state index is 0.0314. The van der Waals surface area contributed by atoms with Gasteiger partial charge in [-0.05, 0) is 68.7 Å². The molecule has 1 aromatic carbocycles. The van der Waals surface area contributed by atoms with Gasteiger partial charge >= 0.3 is 5.97 Å². The molecular weight excluding hydrogens is 396 g/mol. The number of allylic oxidation sites excluding steroid dienone is 2. The Bertz CT molecular complexity index is 843. The van der Waals surface area contributed by atoms with Gasteiger partial charge in [-0.15, -0.1) is 0 Å². The van der Waals surface area contributed by atoms with Crippen LogP contribution in [0.1, 0.15) is 46.0 Å². The highest BCUT2D eigenvalue weighted by Gasteiger charge is 2.53. The van der Waals surface area contributed by atoms with Crippen molar-refractivity contribution in [1.29, 1.82) is 0 Å². The zero-order chi connectivity index (χ0) is 20.9. The predicted octanol–water partition coefficient (Wildman–Crippen LogP) is 4.92. The third kappa shape index (κ3) is 3.67. The first kappa shape index (κ1) is 20.4. The van der Waals surface area contributed by atoms with Gasteiger partial charge in [0.15, 0.2) is 0 Å². The number of hydrogen-bond donors (Lipinski definition) is 0. The number of hydrogen-bond acceptors (Lipinski definition) is 4. The molecule has 2 aliphatic heterocycles. The van der Waals surface area contributed by atoms with Gasteiger partial charge in [0.25, 0.3) is 0 Å². The van der Waals surface area contributed by atoms with E-state index in [4.69, 9.17) is 16.3 Å². The summed E-state index contributed by atoms with van der Waals surface area (Å²) in [6, 6.07) is 8.10. The van der Waals surface area contributed by atoms with E-state index in [0.29, 0.717) is 5.92 Å². The Morgan fingerprint density at radius 3 is 2.63 bits per heavy atom. The standard InChI is InChI=1S/C25H33ClN2O2/c1-17-4-3-9-25(2)15-23-20(14-22(17)25)21(24(29)30-23)16-27-10-12-28(13-11-27)19-7-5-18(26)6-8-19/h5-8,20-21,23H,3-4,9-16H2,1-2H3/t20-,21-,23+,25+/m0/s1. The van der Waals surface area contributed by atoms with Gasteiger partial charge < -0.3 is 9.64 Å². The van der Waals surface area contributed by atoms with Crippen molar-refractivity contribution in [2.24, 2.45) is 17.3 Å². The van der Waals surface area contributed by atoms with Gasteiger partial charge in [-0.25, -0.2) is 0 Å². The summed E-state index contributed by atoms with van der Waals surface area (Å²) < 4.78 is 5.96. The van der Waals surface area contributed by atoms with Gasteiger partial charge in [0.2, 0.25) is 0 Å². The van der Waals surface area contributed by atoms with Gasteiger partial charge in [0, 0.05) is 49.4 Å². The van der Waals surface area contributed by atoms with Crippen LogP contribution in [0.3, 0.4) is 0 Å². The average Bonchev–Trinajstić information content (AvgIpc) is 3.01. The van der Waals surface area contributed by atoms with Crippen molar-refractivity contribution in [3.63, 3.8) is 0 Å². The molecule has 0 radical (unpaired) electrons. The number of esters is 1. The zero-order valence-electron chi connectivity index (χ0n) is 18.2. The van der Waals surface area contributed by atoms with E-state index in [1.165, 1.54) is 24.9 Å². The molecule has 0 amide bonds. The van der Waals surface area contributed by atoms with Crippen LogP contribution in [0, 0.1) is 17.3 Å². The first-order chi connectivity index (χ1) is 14.4. The number of piperazine rings is 1. The van der Waals surface area contributed by atoms with Crippen LogP contribution in [0.15, 0.2) is 35.4 Å². The highest BCUT2D eigenvalue weighted by Crippen LogP contribution is 2.55. The molecule has 1 saturated carbocycles. The second-order valence-corrected chi connectivity index (χ2v) is 10.5. The van der Waals surface area contributed by atoms with E-state index in [1.54, 1.807) is 11.1 Å². The number of rotatable bonds is 3. The van der Waals surface area contributed by atoms with Crippen LogP contribution in [0.5, 0.6) is 0 Å². The van der Waals surface area contributed by atoms with Crippen LogP contribution in [0.25, 0.3) is 0 Å². The fraction of sp³-hybridized carbons (Fsp3) is 0.640. The lowest BCUT2D eigenvalue weighted by Gasteiger charge is -2.46. The van der Waals surface area contributed by atoms with E-state index in [1.807, 2.05) is 12.1 Å². The molecule has 0 spiro atoms. The van der Waals surface area contributed by atoms with Crippen LogP contribution in [-0.2, 0) is 9.53 Å². The van der Waals surface area contributed by atoms with Crippen molar-refractivity contribution >= 4 is 23.3 Å². The fourth-order valence-electron chi connectivity index (χ4n) is 6.44. The molecule has 2 aliphatic carbocycles. The number of fused-ring (bicyclic) bond motifs is 2. The summed E-state index contributed by atoms with van der Waals surface area (Å²) in [5, 5.41) is 0.776. The van der Waals surface area contributed by atoms with Gasteiger partial charge in [-0.1, -0.05) is 29.7 Å². The lowest BCUT2D eigenvalue weighted by molar-refractivity contribution is -0.145. The minimum Gasteiger partial charge on any atom is -0.462 e. The van der Waals surface area contributed by atoms with Crippen LogP contribution >= 0.6 is 11.6 Å². The Labute approximate surface area is 185 Å². The lowest BCUT2D eigenvalue weighted by Crippen LogP contribution is -2.49. The Morgan fingerprint density at radius 1 is 1.17 bits per heavy atom. The molecule has 0 aromatic heterocycles. The molecule has 2 saturated heterocycles. The van der Waals surface area contributed by atoms with Gasteiger partial charge in [-0.2, -0.15) is 0 Å². The number of ether oxygens (including phenoxy) is 1. The molecule has 5 rings (SSSR count). The van der Waals surface area contributed by atoms with Gasteiger partial charge in [-0.3, -0.25) is 9.69 Å². The van der Waals surface area contributed by atoms with Crippen molar-refractivity contribution in [3.8, 4) is 0 Å². The Kier molecular flexibility index (Phi) is 5.35. The number of carbonyl (C=O) groups is 1. The molecule has 0 unspecified atom stereocenters. The molecule has 0 bridgehead atoms. The molecule has 4 atom stereocenters. The molecular formula is C25H33ClN2O2. The summed E-state index contributed by atoms with van der Waals surface area (Å²) >= 11 is 6.02. The molecule has 0 N–H and O–H groups in total. The Balaban J connectivity index is 1.24. The number of anilines is 1. The van der Waals surface area contributed by atoms with Crippen LogP contribution < -0.4 is 4.90 Å². The van der Waals surface area contributed by atoms with Gasteiger partial charge in [0.1, 0.15) is 6.10 Å². The first-order valence-electron chi connectivity index (χ1n) is 11.6. The van der Waals surface area contributed by atoms with E-state index < -0.39 is 0 Å². The molecule has 3 fully saturated rings. The first-order valence-corrected chi connectivity index (χ1v) is 11.9. The molecule has 2 heterocycles. The van der Waals surface area contributed by atoms with Crippen molar-refractivity contribution in [2.45, 2.75) is 52.1 Å². The Morgan fingerprint density at radius 2 is 1.90 bits per heavy atom. The van der Waals surface area contributed by atoms with E-state index in [0.717, 1.165) is 50.6 Å². The monoisotopic (exact) mass is 428 g/mol. The second kappa shape index (κ2) is 7.87. The maximum absolute atomic E-state index is 12.8. The van der Waals surface area contributed by atoms with E-state index in [-0.39, 0.29) is 23.4 Å². The van der Waals surface area contributed by atoms with Gasteiger partial charge in [0.05, 0.1) is 5.92 Å². The van der Waals surface area contributed by atoms with E-state index in [2.05, 4.69) is 35.8 Å². The quantitative estimate of drug-likeness (QED) is 0.505.